The third-order valence-corrected chi connectivity index (χ3v) is 4.53. The highest BCUT2D eigenvalue weighted by molar-refractivity contribution is 5.93. The number of pyridine rings is 1. The van der Waals surface area contributed by atoms with Crippen LogP contribution < -0.4 is 4.74 Å². The van der Waals surface area contributed by atoms with Crippen molar-refractivity contribution in [2.24, 2.45) is 5.92 Å². The van der Waals surface area contributed by atoms with E-state index in [-0.39, 0.29) is 11.8 Å². The van der Waals surface area contributed by atoms with Crippen LogP contribution >= 0.6 is 0 Å². The summed E-state index contributed by atoms with van der Waals surface area (Å²) in [5.41, 5.74) is 1.18. The molecular formula is C20H18FN3O3. The number of hydrogen-bond acceptors (Lipinski definition) is 5. The lowest BCUT2D eigenvalue weighted by atomic mass is 10.1. The first-order valence-electron chi connectivity index (χ1n) is 8.75. The lowest BCUT2D eigenvalue weighted by molar-refractivity contribution is 0.0772. The van der Waals surface area contributed by atoms with Crippen molar-refractivity contribution in [2.75, 3.05) is 19.7 Å². The highest BCUT2D eigenvalue weighted by Crippen LogP contribution is 2.23. The molecule has 4 rings (SSSR count). The van der Waals surface area contributed by atoms with Crippen LogP contribution in [0.5, 0.6) is 5.88 Å². The van der Waals surface area contributed by atoms with Gasteiger partial charge < -0.3 is 14.2 Å². The first kappa shape index (κ1) is 17.2. The third kappa shape index (κ3) is 3.97. The average Bonchev–Trinajstić information content (AvgIpc) is 3.38. The van der Waals surface area contributed by atoms with E-state index in [0.29, 0.717) is 37.0 Å². The minimum Gasteiger partial charge on any atom is -0.477 e. The molecule has 0 bridgehead atoms. The molecular weight excluding hydrogens is 349 g/mol. The highest BCUT2D eigenvalue weighted by atomic mass is 19.1. The van der Waals surface area contributed by atoms with Crippen LogP contribution in [0.1, 0.15) is 16.9 Å². The van der Waals surface area contributed by atoms with Crippen LogP contribution in [0.3, 0.4) is 0 Å². The molecule has 0 saturated carbocycles. The van der Waals surface area contributed by atoms with E-state index in [9.17, 15) is 9.18 Å². The number of carbonyl (C=O) groups is 1. The van der Waals surface area contributed by atoms with Crippen LogP contribution in [-0.2, 0) is 0 Å². The second-order valence-electron chi connectivity index (χ2n) is 6.47. The Morgan fingerprint density at radius 2 is 2.11 bits per heavy atom. The lowest BCUT2D eigenvalue weighted by Crippen LogP contribution is -2.29. The fraction of sp³-hybridized carbons (Fsp3) is 0.250. The molecule has 1 atom stereocenters. The third-order valence-electron chi connectivity index (χ3n) is 4.53. The Morgan fingerprint density at radius 1 is 1.26 bits per heavy atom. The maximum atomic E-state index is 12.9. The Balaban J connectivity index is 1.34. The summed E-state index contributed by atoms with van der Waals surface area (Å²) in [6.07, 6.45) is 1.95. The molecule has 0 N–H and O–H groups in total. The summed E-state index contributed by atoms with van der Waals surface area (Å²) in [7, 11) is 0. The van der Waals surface area contributed by atoms with Gasteiger partial charge in [-0.05, 0) is 12.5 Å². The number of benzene rings is 1. The molecule has 1 amide bonds. The quantitative estimate of drug-likeness (QED) is 0.691. The van der Waals surface area contributed by atoms with Gasteiger partial charge in [0, 0.05) is 36.7 Å². The van der Waals surface area contributed by atoms with Gasteiger partial charge in [-0.25, -0.2) is 9.37 Å². The number of hydrogen-bond donors (Lipinski definition) is 0. The number of amides is 1. The van der Waals surface area contributed by atoms with Crippen LogP contribution in [0.2, 0.25) is 0 Å². The summed E-state index contributed by atoms with van der Waals surface area (Å²) in [5, 5.41) is 3.92. The van der Waals surface area contributed by atoms with E-state index in [4.69, 9.17) is 9.26 Å². The van der Waals surface area contributed by atoms with Crippen molar-refractivity contribution >= 4 is 5.91 Å². The molecule has 3 heterocycles. The summed E-state index contributed by atoms with van der Waals surface area (Å²) in [6, 6.07) is 14.0. The minimum absolute atomic E-state index is 0.150. The molecule has 6 nitrogen and oxygen atoms in total. The summed E-state index contributed by atoms with van der Waals surface area (Å²) >= 11 is 0. The van der Waals surface area contributed by atoms with Crippen LogP contribution in [-0.4, -0.2) is 40.6 Å². The van der Waals surface area contributed by atoms with Gasteiger partial charge in [-0.3, -0.25) is 4.79 Å². The Labute approximate surface area is 155 Å². The highest BCUT2D eigenvalue weighted by Gasteiger charge is 2.29. The molecule has 3 aromatic rings. The molecule has 1 fully saturated rings. The number of nitrogens with zero attached hydrogens (tertiary/aromatic N) is 3. The molecule has 138 valence electrons. The van der Waals surface area contributed by atoms with Gasteiger partial charge in [0.25, 0.3) is 5.91 Å². The van der Waals surface area contributed by atoms with E-state index < -0.39 is 5.82 Å². The van der Waals surface area contributed by atoms with Crippen LogP contribution in [0.25, 0.3) is 11.3 Å². The maximum absolute atomic E-state index is 12.9. The van der Waals surface area contributed by atoms with Crippen LogP contribution in [0, 0.1) is 11.7 Å². The Morgan fingerprint density at radius 3 is 2.89 bits per heavy atom. The largest absolute Gasteiger partial charge is 0.477 e. The van der Waals surface area contributed by atoms with Crippen LogP contribution in [0.4, 0.5) is 4.39 Å². The molecule has 7 heteroatoms. The summed E-state index contributed by atoms with van der Waals surface area (Å²) < 4.78 is 23.8. The SMILES string of the molecule is O=C(c1cc(-c2ccccc2)on1)N1CCC(COc2ccc(F)cn2)C1. The summed E-state index contributed by atoms with van der Waals surface area (Å²) in [6.45, 7) is 1.64. The van der Waals surface area contributed by atoms with Crippen molar-refractivity contribution in [1.82, 2.24) is 15.0 Å². The van der Waals surface area contributed by atoms with E-state index in [1.165, 1.54) is 12.1 Å². The molecule has 1 saturated heterocycles. The zero-order valence-electron chi connectivity index (χ0n) is 14.5. The first-order chi connectivity index (χ1) is 13.2. The minimum atomic E-state index is -0.400. The maximum Gasteiger partial charge on any atom is 0.276 e. The van der Waals surface area contributed by atoms with Gasteiger partial charge in [0.05, 0.1) is 12.8 Å². The number of likely N-dealkylation sites (tertiary alicyclic amines) is 1. The molecule has 0 aliphatic carbocycles. The van der Waals surface area contributed by atoms with Crippen molar-refractivity contribution in [3.8, 4) is 17.2 Å². The zero-order chi connectivity index (χ0) is 18.6. The molecule has 1 aromatic carbocycles. The van der Waals surface area contributed by atoms with Crippen molar-refractivity contribution in [2.45, 2.75) is 6.42 Å². The lowest BCUT2D eigenvalue weighted by Gasteiger charge is -2.15. The standard InChI is InChI=1S/C20H18FN3O3/c21-16-6-7-19(22-11-16)26-13-14-8-9-24(12-14)20(25)17-10-18(27-23-17)15-4-2-1-3-5-15/h1-7,10-11,14H,8-9,12-13H2. The number of ether oxygens (including phenoxy) is 1. The summed E-state index contributed by atoms with van der Waals surface area (Å²) in [5.74, 6) is 0.595. The topological polar surface area (TPSA) is 68.5 Å². The van der Waals surface area contributed by atoms with Gasteiger partial charge >= 0.3 is 0 Å². The van der Waals surface area contributed by atoms with Crippen molar-refractivity contribution < 1.29 is 18.4 Å². The van der Waals surface area contributed by atoms with Gasteiger partial charge in [-0.15, -0.1) is 0 Å². The fourth-order valence-corrected chi connectivity index (χ4v) is 3.08. The second kappa shape index (κ2) is 7.57. The van der Waals surface area contributed by atoms with E-state index >= 15 is 0 Å². The summed E-state index contributed by atoms with van der Waals surface area (Å²) in [4.78, 5) is 18.3. The Bertz CT molecular complexity index is 912. The van der Waals surface area contributed by atoms with Crippen molar-refractivity contribution in [1.29, 1.82) is 0 Å². The molecule has 2 aromatic heterocycles. The predicted octanol–water partition coefficient (Wildman–Crippen LogP) is 3.42. The Hall–Kier alpha value is -3.22. The van der Waals surface area contributed by atoms with E-state index in [1.54, 1.807) is 11.0 Å². The molecule has 1 unspecified atom stereocenters. The smallest absolute Gasteiger partial charge is 0.276 e. The normalized spacial score (nSPS) is 16.5. The van der Waals surface area contributed by atoms with Gasteiger partial charge in [-0.2, -0.15) is 0 Å². The van der Waals surface area contributed by atoms with Gasteiger partial charge in [0.15, 0.2) is 11.5 Å². The van der Waals surface area contributed by atoms with E-state index in [2.05, 4.69) is 10.1 Å². The first-order valence-corrected chi connectivity index (χ1v) is 8.75. The van der Waals surface area contributed by atoms with Crippen molar-refractivity contribution in [3.05, 3.63) is 66.2 Å². The number of halogens is 1. The predicted molar refractivity (Wildman–Crippen MR) is 95.6 cm³/mol. The number of carbonyl (C=O) groups excluding carboxylic acids is 1. The van der Waals surface area contributed by atoms with Gasteiger partial charge in [0.1, 0.15) is 5.82 Å². The molecule has 1 aliphatic heterocycles. The number of aromatic nitrogens is 2. The fourth-order valence-electron chi connectivity index (χ4n) is 3.08. The van der Waals surface area contributed by atoms with Gasteiger partial charge in [0.2, 0.25) is 5.88 Å². The molecule has 0 radical (unpaired) electrons. The monoisotopic (exact) mass is 367 g/mol. The van der Waals surface area contributed by atoms with Crippen LogP contribution in [0.15, 0.2) is 59.3 Å². The average molecular weight is 367 g/mol. The van der Waals surface area contributed by atoms with Gasteiger partial charge in [-0.1, -0.05) is 35.5 Å². The van der Waals surface area contributed by atoms with Crippen molar-refractivity contribution in [3.63, 3.8) is 0 Å². The zero-order valence-corrected chi connectivity index (χ0v) is 14.5. The second-order valence-corrected chi connectivity index (χ2v) is 6.47. The Kier molecular flexibility index (Phi) is 4.82. The molecule has 27 heavy (non-hydrogen) atoms. The molecule has 1 aliphatic rings. The number of rotatable bonds is 5. The molecule has 0 spiro atoms. The van der Waals surface area contributed by atoms with E-state index in [0.717, 1.165) is 18.2 Å². The van der Waals surface area contributed by atoms with E-state index in [1.807, 2.05) is 30.3 Å².